The summed E-state index contributed by atoms with van der Waals surface area (Å²) in [5, 5.41) is 7.10. The summed E-state index contributed by atoms with van der Waals surface area (Å²) in [6.07, 6.45) is 0.918. The van der Waals surface area contributed by atoms with Gasteiger partial charge in [0.15, 0.2) is 5.69 Å². The van der Waals surface area contributed by atoms with Crippen molar-refractivity contribution < 1.29 is 14.3 Å². The van der Waals surface area contributed by atoms with Crippen molar-refractivity contribution in [2.24, 2.45) is 0 Å². The highest BCUT2D eigenvalue weighted by Gasteiger charge is 2.17. The van der Waals surface area contributed by atoms with Gasteiger partial charge in [-0.25, -0.2) is 4.68 Å². The van der Waals surface area contributed by atoms with Crippen LogP contribution in [0.5, 0.6) is 11.6 Å². The van der Waals surface area contributed by atoms with E-state index in [1.807, 2.05) is 24.3 Å². The third-order valence-corrected chi connectivity index (χ3v) is 3.35. The molecule has 3 rings (SSSR count). The predicted molar refractivity (Wildman–Crippen MR) is 76.5 cm³/mol. The van der Waals surface area contributed by atoms with E-state index in [0.29, 0.717) is 24.7 Å². The summed E-state index contributed by atoms with van der Waals surface area (Å²) in [5.74, 6) is 1.26. The normalized spacial score (nSPS) is 13.2. The van der Waals surface area contributed by atoms with Gasteiger partial charge in [-0.05, 0) is 17.7 Å². The summed E-state index contributed by atoms with van der Waals surface area (Å²) in [7, 11) is 1.62. The van der Waals surface area contributed by atoms with Gasteiger partial charge in [0.25, 0.3) is 5.91 Å². The molecule has 1 aromatic heterocycles. The third kappa shape index (κ3) is 2.99. The molecule has 0 atom stereocenters. The van der Waals surface area contributed by atoms with Crippen LogP contribution in [0.4, 0.5) is 0 Å². The largest absolute Gasteiger partial charge is 0.497 e. The van der Waals surface area contributed by atoms with Gasteiger partial charge in [0.05, 0.1) is 13.7 Å². The van der Waals surface area contributed by atoms with Crippen molar-refractivity contribution in [3.05, 3.63) is 41.6 Å². The van der Waals surface area contributed by atoms with Crippen molar-refractivity contribution in [2.45, 2.75) is 19.5 Å². The Morgan fingerprint density at radius 2 is 2.24 bits per heavy atom. The van der Waals surface area contributed by atoms with Crippen LogP contribution in [0, 0.1) is 0 Å². The van der Waals surface area contributed by atoms with Gasteiger partial charge >= 0.3 is 0 Å². The van der Waals surface area contributed by atoms with Crippen LogP contribution in [0.2, 0.25) is 0 Å². The summed E-state index contributed by atoms with van der Waals surface area (Å²) >= 11 is 0. The Labute approximate surface area is 122 Å². The summed E-state index contributed by atoms with van der Waals surface area (Å²) in [5.41, 5.74) is 1.39. The van der Waals surface area contributed by atoms with Crippen LogP contribution in [0.15, 0.2) is 30.3 Å². The number of amides is 1. The monoisotopic (exact) mass is 287 g/mol. The van der Waals surface area contributed by atoms with Crippen molar-refractivity contribution >= 4 is 5.91 Å². The zero-order chi connectivity index (χ0) is 14.7. The van der Waals surface area contributed by atoms with Crippen LogP contribution in [0.1, 0.15) is 22.5 Å². The average molecular weight is 287 g/mol. The van der Waals surface area contributed by atoms with Crippen LogP contribution in [-0.4, -0.2) is 29.4 Å². The molecular weight excluding hydrogens is 270 g/mol. The molecule has 21 heavy (non-hydrogen) atoms. The molecule has 6 heteroatoms. The molecule has 0 saturated heterocycles. The number of fused-ring (bicyclic) bond motifs is 1. The number of carbonyl (C=O) groups excluding carboxylic acids is 1. The van der Waals surface area contributed by atoms with E-state index >= 15 is 0 Å². The Hall–Kier alpha value is -2.50. The lowest BCUT2D eigenvalue weighted by atomic mass is 10.2. The average Bonchev–Trinajstić information content (AvgIpc) is 2.97. The first-order valence-corrected chi connectivity index (χ1v) is 6.88. The predicted octanol–water partition coefficient (Wildman–Crippen LogP) is 1.60. The van der Waals surface area contributed by atoms with E-state index in [2.05, 4.69) is 10.4 Å². The number of methoxy groups -OCH3 is 1. The molecule has 0 fully saturated rings. The smallest absolute Gasteiger partial charge is 0.272 e. The molecule has 1 amide bonds. The molecule has 2 aromatic rings. The molecule has 1 aliphatic rings. The molecule has 110 valence electrons. The zero-order valence-corrected chi connectivity index (χ0v) is 11.8. The lowest BCUT2D eigenvalue weighted by Gasteiger charge is -2.13. The molecule has 1 N–H and O–H groups in total. The van der Waals surface area contributed by atoms with Crippen LogP contribution in [0.25, 0.3) is 0 Å². The number of aryl methyl sites for hydroxylation is 1. The van der Waals surface area contributed by atoms with Crippen LogP contribution >= 0.6 is 0 Å². The highest BCUT2D eigenvalue weighted by molar-refractivity contribution is 5.92. The highest BCUT2D eigenvalue weighted by atomic mass is 16.5. The minimum absolute atomic E-state index is 0.198. The standard InChI is InChI=1S/C15H17N3O3/c1-20-12-5-3-11(4-6-12)10-16-15(19)13-9-14-18(17-13)7-2-8-21-14/h3-6,9H,2,7-8,10H2,1H3,(H,16,19). The minimum atomic E-state index is -0.198. The van der Waals surface area contributed by atoms with Gasteiger partial charge in [-0.3, -0.25) is 4.79 Å². The maximum absolute atomic E-state index is 12.1. The van der Waals surface area contributed by atoms with E-state index in [0.717, 1.165) is 24.3 Å². The number of nitrogens with zero attached hydrogens (tertiary/aromatic N) is 2. The molecule has 0 radical (unpaired) electrons. The van der Waals surface area contributed by atoms with Crippen LogP contribution in [-0.2, 0) is 13.1 Å². The molecule has 2 heterocycles. The van der Waals surface area contributed by atoms with Crippen molar-refractivity contribution in [1.29, 1.82) is 0 Å². The van der Waals surface area contributed by atoms with Crippen molar-refractivity contribution in [3.8, 4) is 11.6 Å². The third-order valence-electron chi connectivity index (χ3n) is 3.35. The van der Waals surface area contributed by atoms with Gasteiger partial charge < -0.3 is 14.8 Å². The number of carbonyl (C=O) groups is 1. The first kappa shape index (κ1) is 13.5. The zero-order valence-electron chi connectivity index (χ0n) is 11.8. The van der Waals surface area contributed by atoms with Crippen LogP contribution in [0.3, 0.4) is 0 Å². The van der Waals surface area contributed by atoms with Gasteiger partial charge in [0, 0.05) is 25.6 Å². The van der Waals surface area contributed by atoms with E-state index in [9.17, 15) is 4.79 Å². The van der Waals surface area contributed by atoms with Crippen molar-refractivity contribution in [1.82, 2.24) is 15.1 Å². The molecule has 1 aromatic carbocycles. The summed E-state index contributed by atoms with van der Waals surface area (Å²) in [6.45, 7) is 1.92. The summed E-state index contributed by atoms with van der Waals surface area (Å²) in [6, 6.07) is 9.25. The van der Waals surface area contributed by atoms with Gasteiger partial charge in [0.1, 0.15) is 5.75 Å². The number of rotatable bonds is 4. The molecule has 6 nitrogen and oxygen atoms in total. The fourth-order valence-corrected chi connectivity index (χ4v) is 2.19. The highest BCUT2D eigenvalue weighted by Crippen LogP contribution is 2.18. The van der Waals surface area contributed by atoms with Gasteiger partial charge in [-0.2, -0.15) is 5.10 Å². The lowest BCUT2D eigenvalue weighted by molar-refractivity contribution is 0.0945. The first-order chi connectivity index (χ1) is 10.3. The van der Waals surface area contributed by atoms with Gasteiger partial charge in [0.2, 0.25) is 5.88 Å². The van der Waals surface area contributed by atoms with Gasteiger partial charge in [-0.1, -0.05) is 12.1 Å². The maximum atomic E-state index is 12.1. The fourth-order valence-electron chi connectivity index (χ4n) is 2.19. The molecule has 1 aliphatic heterocycles. The molecule has 0 bridgehead atoms. The maximum Gasteiger partial charge on any atom is 0.272 e. The van der Waals surface area contributed by atoms with Crippen molar-refractivity contribution in [3.63, 3.8) is 0 Å². The molecule has 0 unspecified atom stereocenters. The number of aromatic nitrogens is 2. The fraction of sp³-hybridized carbons (Fsp3) is 0.333. The van der Waals surface area contributed by atoms with E-state index in [-0.39, 0.29) is 5.91 Å². The van der Waals surface area contributed by atoms with E-state index in [4.69, 9.17) is 9.47 Å². The number of benzene rings is 1. The Morgan fingerprint density at radius 3 is 2.95 bits per heavy atom. The second-order valence-electron chi connectivity index (χ2n) is 4.82. The van der Waals surface area contributed by atoms with E-state index in [1.54, 1.807) is 17.9 Å². The summed E-state index contributed by atoms with van der Waals surface area (Å²) < 4.78 is 12.3. The number of hydrogen-bond donors (Lipinski definition) is 1. The summed E-state index contributed by atoms with van der Waals surface area (Å²) in [4.78, 5) is 12.1. The topological polar surface area (TPSA) is 65.4 Å². The first-order valence-electron chi connectivity index (χ1n) is 6.88. The molecule has 0 aliphatic carbocycles. The quantitative estimate of drug-likeness (QED) is 0.927. The Bertz CT molecular complexity index is 611. The number of ether oxygens (including phenoxy) is 2. The number of nitrogens with one attached hydrogen (secondary N) is 1. The number of hydrogen-bond acceptors (Lipinski definition) is 4. The van der Waals surface area contributed by atoms with E-state index in [1.165, 1.54) is 0 Å². The Balaban J connectivity index is 1.61. The minimum Gasteiger partial charge on any atom is -0.497 e. The molecular formula is C15H17N3O3. The second kappa shape index (κ2) is 5.87. The SMILES string of the molecule is COc1ccc(CNC(=O)c2cc3n(n2)CCCO3)cc1. The van der Waals surface area contributed by atoms with Gasteiger partial charge in [-0.15, -0.1) is 0 Å². The Kier molecular flexibility index (Phi) is 3.77. The van der Waals surface area contributed by atoms with Crippen molar-refractivity contribution in [2.75, 3.05) is 13.7 Å². The van der Waals surface area contributed by atoms with Crippen LogP contribution < -0.4 is 14.8 Å². The molecule has 0 spiro atoms. The molecule has 0 saturated carbocycles. The Morgan fingerprint density at radius 1 is 1.43 bits per heavy atom. The lowest BCUT2D eigenvalue weighted by Crippen LogP contribution is -2.23. The second-order valence-corrected chi connectivity index (χ2v) is 4.82. The van der Waals surface area contributed by atoms with E-state index < -0.39 is 0 Å².